The molecular formula is C18H24F3N3O2. The Balaban J connectivity index is 1.50. The summed E-state index contributed by atoms with van der Waals surface area (Å²) in [5, 5.41) is 6.67. The molecule has 2 fully saturated rings. The number of guanidine groups is 1. The standard InChI is InChI=1S/C18H24F3N3O2/c1-2-22-17(24-15-11-14-7-8-16(15)25-14)23-10-9-12-3-5-13(6-4-12)26-18(19,20)21/h3-6,14-16H,2,7-11H2,1H3,(H2,22,23,24). The van der Waals surface area contributed by atoms with Crippen molar-refractivity contribution in [3.05, 3.63) is 29.8 Å². The van der Waals surface area contributed by atoms with Crippen LogP contribution in [0.25, 0.3) is 0 Å². The van der Waals surface area contributed by atoms with Gasteiger partial charge in [0.2, 0.25) is 0 Å². The van der Waals surface area contributed by atoms with Crippen LogP contribution in [0.2, 0.25) is 0 Å². The van der Waals surface area contributed by atoms with Gasteiger partial charge in [0.05, 0.1) is 18.2 Å². The summed E-state index contributed by atoms with van der Waals surface area (Å²) in [5.41, 5.74) is 0.905. The fraction of sp³-hybridized carbons (Fsp3) is 0.611. The predicted molar refractivity (Wildman–Crippen MR) is 92.2 cm³/mol. The van der Waals surface area contributed by atoms with Crippen molar-refractivity contribution in [1.82, 2.24) is 10.6 Å². The van der Waals surface area contributed by atoms with Crippen molar-refractivity contribution in [3.63, 3.8) is 0 Å². The fourth-order valence-electron chi connectivity index (χ4n) is 3.44. The average Bonchev–Trinajstić information content (AvgIpc) is 3.18. The number of nitrogens with one attached hydrogen (secondary N) is 2. The van der Waals surface area contributed by atoms with Gasteiger partial charge in [0.1, 0.15) is 5.75 Å². The van der Waals surface area contributed by atoms with Gasteiger partial charge >= 0.3 is 6.36 Å². The van der Waals surface area contributed by atoms with Crippen molar-refractivity contribution in [2.24, 2.45) is 4.99 Å². The average molecular weight is 371 g/mol. The monoisotopic (exact) mass is 371 g/mol. The van der Waals surface area contributed by atoms with Gasteiger partial charge < -0.3 is 20.1 Å². The molecule has 26 heavy (non-hydrogen) atoms. The highest BCUT2D eigenvalue weighted by atomic mass is 19.4. The van der Waals surface area contributed by atoms with Crippen molar-refractivity contribution in [1.29, 1.82) is 0 Å². The zero-order valence-corrected chi connectivity index (χ0v) is 14.7. The molecule has 2 saturated heterocycles. The lowest BCUT2D eigenvalue weighted by molar-refractivity contribution is -0.274. The smallest absolute Gasteiger partial charge is 0.406 e. The highest BCUT2D eigenvalue weighted by Crippen LogP contribution is 2.34. The van der Waals surface area contributed by atoms with Crippen molar-refractivity contribution >= 4 is 5.96 Å². The summed E-state index contributed by atoms with van der Waals surface area (Å²) in [6.07, 6.45) is -0.144. The van der Waals surface area contributed by atoms with Crippen LogP contribution in [-0.2, 0) is 11.2 Å². The molecule has 0 saturated carbocycles. The fourth-order valence-corrected chi connectivity index (χ4v) is 3.44. The van der Waals surface area contributed by atoms with Crippen molar-refractivity contribution in [2.45, 2.75) is 57.2 Å². The van der Waals surface area contributed by atoms with Crippen LogP contribution >= 0.6 is 0 Å². The Labute approximate surface area is 151 Å². The number of fused-ring (bicyclic) bond motifs is 2. The molecule has 2 aliphatic heterocycles. The van der Waals surface area contributed by atoms with E-state index in [0.717, 1.165) is 37.3 Å². The van der Waals surface area contributed by atoms with E-state index >= 15 is 0 Å². The molecule has 2 aliphatic rings. The molecule has 3 rings (SSSR count). The topological polar surface area (TPSA) is 54.9 Å². The Morgan fingerprint density at radius 1 is 1.27 bits per heavy atom. The molecule has 1 aromatic carbocycles. The van der Waals surface area contributed by atoms with Gasteiger partial charge in [-0.3, -0.25) is 4.99 Å². The van der Waals surface area contributed by atoms with E-state index in [2.05, 4.69) is 20.4 Å². The van der Waals surface area contributed by atoms with Crippen LogP contribution in [0.1, 0.15) is 31.7 Å². The molecule has 0 aliphatic carbocycles. The molecule has 2 heterocycles. The molecule has 2 bridgehead atoms. The third-order valence-electron chi connectivity index (χ3n) is 4.60. The number of benzene rings is 1. The first-order valence-electron chi connectivity index (χ1n) is 8.98. The number of aliphatic imine (C=N–C) groups is 1. The third-order valence-corrected chi connectivity index (χ3v) is 4.60. The van der Waals surface area contributed by atoms with Gasteiger partial charge in [-0.1, -0.05) is 12.1 Å². The van der Waals surface area contributed by atoms with E-state index in [1.54, 1.807) is 12.1 Å². The minimum atomic E-state index is -4.67. The summed E-state index contributed by atoms with van der Waals surface area (Å²) in [5.74, 6) is 0.543. The molecule has 8 heteroatoms. The maximum absolute atomic E-state index is 12.2. The van der Waals surface area contributed by atoms with Crippen LogP contribution < -0.4 is 15.4 Å². The summed E-state index contributed by atoms with van der Waals surface area (Å²) >= 11 is 0. The third kappa shape index (κ3) is 5.27. The molecule has 3 unspecified atom stereocenters. The molecule has 2 N–H and O–H groups in total. The van der Waals surface area contributed by atoms with Gasteiger partial charge in [-0.15, -0.1) is 13.2 Å². The van der Waals surface area contributed by atoms with Crippen molar-refractivity contribution in [3.8, 4) is 5.75 Å². The van der Waals surface area contributed by atoms with Crippen LogP contribution in [0.3, 0.4) is 0 Å². The number of rotatable bonds is 6. The second-order valence-corrected chi connectivity index (χ2v) is 6.56. The summed E-state index contributed by atoms with van der Waals surface area (Å²) in [6, 6.07) is 6.19. The molecule has 0 aromatic heterocycles. The lowest BCUT2D eigenvalue weighted by atomic mass is 9.96. The lowest BCUT2D eigenvalue weighted by Gasteiger charge is -2.22. The second kappa shape index (κ2) is 8.16. The predicted octanol–water partition coefficient (Wildman–Crippen LogP) is 3.00. The van der Waals surface area contributed by atoms with E-state index in [0.29, 0.717) is 25.1 Å². The molecule has 0 amide bonds. The summed E-state index contributed by atoms with van der Waals surface area (Å²) < 4.78 is 46.2. The Morgan fingerprint density at radius 3 is 2.62 bits per heavy atom. The summed E-state index contributed by atoms with van der Waals surface area (Å²) in [7, 11) is 0. The van der Waals surface area contributed by atoms with Crippen LogP contribution in [-0.4, -0.2) is 43.7 Å². The van der Waals surface area contributed by atoms with Gasteiger partial charge in [0, 0.05) is 13.1 Å². The van der Waals surface area contributed by atoms with Crippen LogP contribution in [0.4, 0.5) is 13.2 Å². The number of alkyl halides is 3. The zero-order valence-electron chi connectivity index (χ0n) is 14.7. The van der Waals surface area contributed by atoms with Gasteiger partial charge in [-0.2, -0.15) is 0 Å². The largest absolute Gasteiger partial charge is 0.573 e. The van der Waals surface area contributed by atoms with Crippen molar-refractivity contribution < 1.29 is 22.6 Å². The van der Waals surface area contributed by atoms with E-state index in [1.165, 1.54) is 12.1 Å². The van der Waals surface area contributed by atoms with E-state index in [-0.39, 0.29) is 11.9 Å². The Hall–Kier alpha value is -1.96. The minimum absolute atomic E-state index is 0.212. The number of ether oxygens (including phenoxy) is 2. The Kier molecular flexibility index (Phi) is 5.90. The first-order chi connectivity index (χ1) is 12.4. The van der Waals surface area contributed by atoms with E-state index < -0.39 is 6.36 Å². The van der Waals surface area contributed by atoms with Gasteiger partial charge in [-0.25, -0.2) is 0 Å². The molecular weight excluding hydrogens is 347 g/mol. The number of hydrogen-bond donors (Lipinski definition) is 2. The maximum atomic E-state index is 12.2. The maximum Gasteiger partial charge on any atom is 0.573 e. The van der Waals surface area contributed by atoms with E-state index in [1.807, 2.05) is 6.92 Å². The second-order valence-electron chi connectivity index (χ2n) is 6.56. The summed E-state index contributed by atoms with van der Waals surface area (Å²) in [4.78, 5) is 4.57. The van der Waals surface area contributed by atoms with Crippen LogP contribution in [0, 0.1) is 0 Å². The van der Waals surface area contributed by atoms with E-state index in [9.17, 15) is 13.2 Å². The molecule has 0 radical (unpaired) electrons. The number of halogens is 3. The first-order valence-corrected chi connectivity index (χ1v) is 8.98. The van der Waals surface area contributed by atoms with Gasteiger partial charge in [-0.05, 0) is 50.3 Å². The highest BCUT2D eigenvalue weighted by molar-refractivity contribution is 5.80. The van der Waals surface area contributed by atoms with Crippen LogP contribution in [0.5, 0.6) is 5.75 Å². The SMILES string of the molecule is CCNC(=NCCc1ccc(OC(F)(F)F)cc1)NC1CC2CCC1O2. The lowest BCUT2D eigenvalue weighted by Crippen LogP contribution is -2.47. The molecule has 0 spiro atoms. The van der Waals surface area contributed by atoms with Gasteiger partial charge in [0.25, 0.3) is 0 Å². The number of hydrogen-bond acceptors (Lipinski definition) is 3. The zero-order chi connectivity index (χ0) is 18.6. The molecule has 1 aromatic rings. The van der Waals surface area contributed by atoms with E-state index in [4.69, 9.17) is 4.74 Å². The quantitative estimate of drug-likeness (QED) is 0.596. The highest BCUT2D eigenvalue weighted by Gasteiger charge is 2.41. The normalized spacial score (nSPS) is 25.4. The molecule has 3 atom stereocenters. The van der Waals surface area contributed by atoms with Crippen molar-refractivity contribution in [2.75, 3.05) is 13.1 Å². The first kappa shape index (κ1) is 18.8. The Morgan fingerprint density at radius 2 is 2.04 bits per heavy atom. The molecule has 144 valence electrons. The Bertz CT molecular complexity index is 619. The number of nitrogens with zero attached hydrogens (tertiary/aromatic N) is 1. The summed E-state index contributed by atoms with van der Waals surface area (Å²) in [6.45, 7) is 3.31. The van der Waals surface area contributed by atoms with Crippen LogP contribution in [0.15, 0.2) is 29.3 Å². The van der Waals surface area contributed by atoms with Gasteiger partial charge in [0.15, 0.2) is 5.96 Å². The minimum Gasteiger partial charge on any atom is -0.406 e. The molecule has 5 nitrogen and oxygen atoms in total.